The summed E-state index contributed by atoms with van der Waals surface area (Å²) in [6.07, 6.45) is 3.39. The highest BCUT2D eigenvalue weighted by Crippen LogP contribution is 2.25. The minimum Gasteiger partial charge on any atom is -0.460 e. The number of aromatic nitrogens is 1. The Morgan fingerprint density at radius 3 is 2.62 bits per heavy atom. The zero-order valence-corrected chi connectivity index (χ0v) is 16.4. The van der Waals surface area contributed by atoms with E-state index in [1.165, 1.54) is 0 Å². The standard InChI is InChI=1S/C23H26N4O2/c24-22(28)18-10-13-27(14-11-18)23-19(7-4-12-26-23)15-25-16-20-8-9-21(29-20)17-5-2-1-3-6-17/h1-9,12,18,25H,10-11,13-16H2,(H2,24,28). The number of nitrogens with two attached hydrogens (primary N) is 1. The van der Waals surface area contributed by atoms with Crippen molar-refractivity contribution in [2.45, 2.75) is 25.9 Å². The fourth-order valence-corrected chi connectivity index (χ4v) is 3.78. The molecule has 1 aliphatic heterocycles. The number of anilines is 1. The molecule has 29 heavy (non-hydrogen) atoms. The molecular weight excluding hydrogens is 364 g/mol. The van der Waals surface area contributed by atoms with E-state index in [4.69, 9.17) is 10.2 Å². The Balaban J connectivity index is 1.35. The van der Waals surface area contributed by atoms with Crippen molar-refractivity contribution < 1.29 is 9.21 Å². The molecule has 0 aliphatic carbocycles. The molecule has 1 amide bonds. The zero-order valence-electron chi connectivity index (χ0n) is 16.4. The number of hydrogen-bond acceptors (Lipinski definition) is 5. The van der Waals surface area contributed by atoms with Crippen molar-refractivity contribution in [2.24, 2.45) is 11.7 Å². The van der Waals surface area contributed by atoms with Crippen LogP contribution in [0.5, 0.6) is 0 Å². The van der Waals surface area contributed by atoms with Crippen LogP contribution in [-0.2, 0) is 17.9 Å². The smallest absolute Gasteiger partial charge is 0.220 e. The van der Waals surface area contributed by atoms with Crippen molar-refractivity contribution in [3.8, 4) is 11.3 Å². The van der Waals surface area contributed by atoms with E-state index in [2.05, 4.69) is 21.3 Å². The van der Waals surface area contributed by atoms with E-state index in [1.807, 2.05) is 54.7 Å². The van der Waals surface area contributed by atoms with E-state index in [0.29, 0.717) is 13.1 Å². The van der Waals surface area contributed by atoms with Crippen LogP contribution in [0.25, 0.3) is 11.3 Å². The molecule has 1 aliphatic rings. The van der Waals surface area contributed by atoms with Crippen molar-refractivity contribution in [1.82, 2.24) is 10.3 Å². The first-order valence-electron chi connectivity index (χ1n) is 10.0. The summed E-state index contributed by atoms with van der Waals surface area (Å²) >= 11 is 0. The molecule has 0 bridgehead atoms. The number of rotatable bonds is 7. The SMILES string of the molecule is NC(=O)C1CCN(c2ncccc2CNCc2ccc(-c3ccccc3)o2)CC1. The summed E-state index contributed by atoms with van der Waals surface area (Å²) in [6, 6.07) is 18.1. The first-order valence-corrected chi connectivity index (χ1v) is 10.0. The number of nitrogens with zero attached hydrogens (tertiary/aromatic N) is 2. The van der Waals surface area contributed by atoms with Crippen molar-refractivity contribution in [2.75, 3.05) is 18.0 Å². The highest BCUT2D eigenvalue weighted by atomic mass is 16.3. The van der Waals surface area contributed by atoms with Crippen LogP contribution in [0.3, 0.4) is 0 Å². The molecule has 0 unspecified atom stereocenters. The van der Waals surface area contributed by atoms with Crippen molar-refractivity contribution in [3.63, 3.8) is 0 Å². The van der Waals surface area contributed by atoms with Gasteiger partial charge in [-0.25, -0.2) is 4.98 Å². The summed E-state index contributed by atoms with van der Waals surface area (Å²) in [5.41, 5.74) is 7.66. The Hall–Kier alpha value is -3.12. The van der Waals surface area contributed by atoms with Gasteiger partial charge >= 0.3 is 0 Å². The molecule has 6 nitrogen and oxygen atoms in total. The molecule has 3 heterocycles. The Bertz CT molecular complexity index is 946. The Morgan fingerprint density at radius 1 is 1.07 bits per heavy atom. The second-order valence-corrected chi connectivity index (χ2v) is 7.39. The summed E-state index contributed by atoms with van der Waals surface area (Å²) in [7, 11) is 0. The lowest BCUT2D eigenvalue weighted by molar-refractivity contribution is -0.122. The third-order valence-electron chi connectivity index (χ3n) is 5.40. The van der Waals surface area contributed by atoms with Gasteiger partial charge in [0.15, 0.2) is 0 Å². The molecule has 1 saturated heterocycles. The predicted molar refractivity (Wildman–Crippen MR) is 113 cm³/mol. The van der Waals surface area contributed by atoms with Gasteiger partial charge in [0, 0.05) is 42.9 Å². The summed E-state index contributed by atoms with van der Waals surface area (Å²) in [6.45, 7) is 2.94. The van der Waals surface area contributed by atoms with Crippen molar-refractivity contribution >= 4 is 11.7 Å². The predicted octanol–water partition coefficient (Wildman–Crippen LogP) is 3.33. The van der Waals surface area contributed by atoms with E-state index >= 15 is 0 Å². The van der Waals surface area contributed by atoms with Crippen LogP contribution in [0.4, 0.5) is 5.82 Å². The van der Waals surface area contributed by atoms with Gasteiger partial charge in [0.05, 0.1) is 6.54 Å². The summed E-state index contributed by atoms with van der Waals surface area (Å²) < 4.78 is 5.96. The molecule has 0 radical (unpaired) electrons. The van der Waals surface area contributed by atoms with Crippen LogP contribution >= 0.6 is 0 Å². The van der Waals surface area contributed by atoms with Gasteiger partial charge in [0.1, 0.15) is 17.3 Å². The molecule has 6 heteroatoms. The number of pyridine rings is 1. The van der Waals surface area contributed by atoms with E-state index in [-0.39, 0.29) is 11.8 Å². The molecule has 0 saturated carbocycles. The lowest BCUT2D eigenvalue weighted by Gasteiger charge is -2.32. The molecule has 150 valence electrons. The van der Waals surface area contributed by atoms with E-state index < -0.39 is 0 Å². The van der Waals surface area contributed by atoms with Crippen LogP contribution in [0.1, 0.15) is 24.2 Å². The quantitative estimate of drug-likeness (QED) is 0.646. The van der Waals surface area contributed by atoms with Crippen LogP contribution in [0.2, 0.25) is 0 Å². The molecule has 3 N–H and O–H groups in total. The zero-order chi connectivity index (χ0) is 20.1. The minimum atomic E-state index is -0.194. The first kappa shape index (κ1) is 19.2. The Kier molecular flexibility index (Phi) is 5.91. The van der Waals surface area contributed by atoms with Gasteiger partial charge in [0.25, 0.3) is 0 Å². The molecule has 1 aromatic carbocycles. The number of primary amides is 1. The fourth-order valence-electron chi connectivity index (χ4n) is 3.78. The molecule has 3 aromatic rings. The van der Waals surface area contributed by atoms with E-state index in [0.717, 1.165) is 54.4 Å². The van der Waals surface area contributed by atoms with Crippen LogP contribution in [0.15, 0.2) is 65.2 Å². The molecule has 4 rings (SSSR count). The normalized spacial score (nSPS) is 14.8. The number of carbonyl (C=O) groups is 1. The average Bonchev–Trinajstić information content (AvgIpc) is 3.24. The van der Waals surface area contributed by atoms with Gasteiger partial charge in [-0.2, -0.15) is 0 Å². The second-order valence-electron chi connectivity index (χ2n) is 7.39. The number of nitrogens with one attached hydrogen (secondary N) is 1. The minimum absolute atomic E-state index is 0.0192. The summed E-state index contributed by atoms with van der Waals surface area (Å²) in [5, 5.41) is 3.45. The van der Waals surface area contributed by atoms with Crippen LogP contribution < -0.4 is 16.0 Å². The largest absolute Gasteiger partial charge is 0.460 e. The van der Waals surface area contributed by atoms with E-state index in [1.54, 1.807) is 0 Å². The molecular formula is C23H26N4O2. The van der Waals surface area contributed by atoms with Gasteiger partial charge in [0.2, 0.25) is 5.91 Å². The van der Waals surface area contributed by atoms with E-state index in [9.17, 15) is 4.79 Å². The number of hydrogen-bond donors (Lipinski definition) is 2. The maximum absolute atomic E-state index is 11.4. The third kappa shape index (κ3) is 4.66. The molecule has 0 atom stereocenters. The lowest BCUT2D eigenvalue weighted by atomic mass is 9.96. The number of amides is 1. The lowest BCUT2D eigenvalue weighted by Crippen LogP contribution is -2.39. The second kappa shape index (κ2) is 8.92. The van der Waals surface area contributed by atoms with Crippen molar-refractivity contribution in [3.05, 3.63) is 72.1 Å². The van der Waals surface area contributed by atoms with Gasteiger partial charge in [-0.3, -0.25) is 4.79 Å². The van der Waals surface area contributed by atoms with Crippen LogP contribution in [0, 0.1) is 5.92 Å². The average molecular weight is 390 g/mol. The topological polar surface area (TPSA) is 84.4 Å². The Morgan fingerprint density at radius 2 is 1.86 bits per heavy atom. The van der Waals surface area contributed by atoms with Crippen LogP contribution in [-0.4, -0.2) is 24.0 Å². The number of benzene rings is 1. The maximum atomic E-state index is 11.4. The first-order chi connectivity index (χ1) is 14.2. The third-order valence-corrected chi connectivity index (χ3v) is 5.40. The monoisotopic (exact) mass is 390 g/mol. The number of furan rings is 1. The highest BCUT2D eigenvalue weighted by molar-refractivity contribution is 5.77. The summed E-state index contributed by atoms with van der Waals surface area (Å²) in [5.74, 6) is 2.54. The molecule has 0 spiro atoms. The van der Waals surface area contributed by atoms with Gasteiger partial charge < -0.3 is 20.4 Å². The maximum Gasteiger partial charge on any atom is 0.220 e. The van der Waals surface area contributed by atoms with Gasteiger partial charge in [-0.05, 0) is 31.0 Å². The van der Waals surface area contributed by atoms with Gasteiger partial charge in [-0.15, -0.1) is 0 Å². The number of carbonyl (C=O) groups excluding carboxylic acids is 1. The fraction of sp³-hybridized carbons (Fsp3) is 0.304. The van der Waals surface area contributed by atoms with Gasteiger partial charge in [-0.1, -0.05) is 36.4 Å². The molecule has 2 aromatic heterocycles. The highest BCUT2D eigenvalue weighted by Gasteiger charge is 2.24. The molecule has 1 fully saturated rings. The number of piperidine rings is 1. The summed E-state index contributed by atoms with van der Waals surface area (Å²) in [4.78, 5) is 18.2. The Labute approximate surface area is 170 Å². The van der Waals surface area contributed by atoms with Crippen molar-refractivity contribution in [1.29, 1.82) is 0 Å².